The third-order valence-electron chi connectivity index (χ3n) is 3.10. The van der Waals surface area contributed by atoms with Crippen LogP contribution in [0.5, 0.6) is 0 Å². The Morgan fingerprint density at radius 1 is 1.38 bits per heavy atom. The largest absolute Gasteiger partial charge is 0.353 e. The molecule has 0 aliphatic heterocycles. The van der Waals surface area contributed by atoms with Crippen LogP contribution in [0.15, 0.2) is 0 Å². The van der Waals surface area contributed by atoms with Crippen molar-refractivity contribution in [3.05, 3.63) is 0 Å². The van der Waals surface area contributed by atoms with E-state index in [0.29, 0.717) is 17.4 Å². The van der Waals surface area contributed by atoms with Gasteiger partial charge in [0.2, 0.25) is 5.91 Å². The molecular weight excluding hydrogens is 162 g/mol. The lowest BCUT2D eigenvalue weighted by atomic mass is 9.63. The molecule has 0 aromatic carbocycles. The number of amides is 1. The van der Waals surface area contributed by atoms with Gasteiger partial charge in [0.05, 0.1) is 0 Å². The summed E-state index contributed by atoms with van der Waals surface area (Å²) >= 11 is 0. The van der Waals surface area contributed by atoms with Gasteiger partial charge in [0.15, 0.2) is 0 Å². The van der Waals surface area contributed by atoms with Crippen molar-refractivity contribution in [1.29, 1.82) is 0 Å². The molecule has 2 fully saturated rings. The fraction of sp³-hybridized carbons (Fsp3) is 0.909. The lowest BCUT2D eigenvalue weighted by Gasteiger charge is -2.42. The molecule has 0 saturated heterocycles. The highest BCUT2D eigenvalue weighted by molar-refractivity contribution is 5.76. The molecule has 0 aromatic rings. The van der Waals surface area contributed by atoms with Crippen LogP contribution in [0.25, 0.3) is 0 Å². The molecule has 74 valence electrons. The first kappa shape index (κ1) is 9.04. The van der Waals surface area contributed by atoms with Gasteiger partial charge >= 0.3 is 0 Å². The van der Waals surface area contributed by atoms with Crippen LogP contribution in [-0.2, 0) is 4.79 Å². The SMILES string of the molecule is CC1(C)CC(CC(=O)NC2CC2)C1. The molecule has 2 saturated carbocycles. The Morgan fingerprint density at radius 2 is 2.00 bits per heavy atom. The Labute approximate surface area is 80.1 Å². The molecule has 0 radical (unpaired) electrons. The van der Waals surface area contributed by atoms with Crippen molar-refractivity contribution >= 4 is 5.91 Å². The van der Waals surface area contributed by atoms with Crippen LogP contribution in [0.3, 0.4) is 0 Å². The molecule has 13 heavy (non-hydrogen) atoms. The van der Waals surface area contributed by atoms with Crippen molar-refractivity contribution in [3.63, 3.8) is 0 Å². The van der Waals surface area contributed by atoms with Gasteiger partial charge in [-0.05, 0) is 37.0 Å². The lowest BCUT2D eigenvalue weighted by molar-refractivity contribution is -0.123. The van der Waals surface area contributed by atoms with E-state index in [1.165, 1.54) is 25.7 Å². The summed E-state index contributed by atoms with van der Waals surface area (Å²) in [5.74, 6) is 0.941. The van der Waals surface area contributed by atoms with E-state index in [9.17, 15) is 4.79 Å². The third kappa shape index (κ3) is 2.45. The highest BCUT2D eigenvalue weighted by Crippen LogP contribution is 2.46. The molecule has 2 heteroatoms. The molecule has 0 aromatic heterocycles. The molecule has 1 amide bonds. The van der Waals surface area contributed by atoms with Gasteiger partial charge < -0.3 is 5.32 Å². The van der Waals surface area contributed by atoms with Crippen molar-refractivity contribution in [3.8, 4) is 0 Å². The summed E-state index contributed by atoms with van der Waals surface area (Å²) in [4.78, 5) is 11.4. The molecule has 2 aliphatic rings. The predicted molar refractivity (Wildman–Crippen MR) is 52.3 cm³/mol. The molecule has 0 unspecified atom stereocenters. The van der Waals surface area contributed by atoms with Gasteiger partial charge in [0, 0.05) is 12.5 Å². The van der Waals surface area contributed by atoms with Crippen LogP contribution in [0.1, 0.15) is 46.0 Å². The van der Waals surface area contributed by atoms with E-state index in [4.69, 9.17) is 0 Å². The zero-order valence-electron chi connectivity index (χ0n) is 8.60. The Bertz CT molecular complexity index is 210. The van der Waals surface area contributed by atoms with E-state index in [0.717, 1.165) is 6.42 Å². The summed E-state index contributed by atoms with van der Waals surface area (Å²) in [6.45, 7) is 4.56. The van der Waals surface area contributed by atoms with E-state index >= 15 is 0 Å². The average molecular weight is 181 g/mol. The minimum atomic E-state index is 0.281. The fourth-order valence-electron chi connectivity index (χ4n) is 2.42. The fourth-order valence-corrected chi connectivity index (χ4v) is 2.42. The molecule has 2 rings (SSSR count). The maximum absolute atomic E-state index is 11.4. The van der Waals surface area contributed by atoms with E-state index < -0.39 is 0 Å². The molecule has 2 aliphatic carbocycles. The molecule has 1 N–H and O–H groups in total. The van der Waals surface area contributed by atoms with Gasteiger partial charge in [0.1, 0.15) is 0 Å². The van der Waals surface area contributed by atoms with Crippen molar-refractivity contribution in [2.45, 2.75) is 52.0 Å². The van der Waals surface area contributed by atoms with Crippen molar-refractivity contribution in [2.24, 2.45) is 11.3 Å². The maximum atomic E-state index is 11.4. The number of hydrogen-bond donors (Lipinski definition) is 1. The maximum Gasteiger partial charge on any atom is 0.220 e. The minimum absolute atomic E-state index is 0.281. The Kier molecular flexibility index (Phi) is 2.09. The third-order valence-corrected chi connectivity index (χ3v) is 3.10. The van der Waals surface area contributed by atoms with Crippen molar-refractivity contribution in [2.75, 3.05) is 0 Å². The molecular formula is C11H19NO. The second-order valence-corrected chi connectivity index (χ2v) is 5.48. The summed E-state index contributed by atoms with van der Waals surface area (Å²) in [5.41, 5.74) is 0.504. The topological polar surface area (TPSA) is 29.1 Å². The smallest absolute Gasteiger partial charge is 0.220 e. The normalized spacial score (nSPS) is 26.6. The van der Waals surface area contributed by atoms with E-state index in [2.05, 4.69) is 19.2 Å². The summed E-state index contributed by atoms with van der Waals surface area (Å²) in [5, 5.41) is 3.04. The summed E-state index contributed by atoms with van der Waals surface area (Å²) in [7, 11) is 0. The van der Waals surface area contributed by atoms with E-state index in [1.54, 1.807) is 0 Å². The molecule has 0 atom stereocenters. The molecule has 0 heterocycles. The first-order valence-corrected chi connectivity index (χ1v) is 5.34. The number of carbonyl (C=O) groups is 1. The van der Waals surface area contributed by atoms with Crippen LogP contribution < -0.4 is 5.32 Å². The highest BCUT2D eigenvalue weighted by Gasteiger charge is 2.37. The number of carbonyl (C=O) groups excluding carboxylic acids is 1. The molecule has 2 nitrogen and oxygen atoms in total. The van der Waals surface area contributed by atoms with Gasteiger partial charge in [-0.15, -0.1) is 0 Å². The van der Waals surface area contributed by atoms with E-state index in [1.807, 2.05) is 0 Å². The van der Waals surface area contributed by atoms with Gasteiger partial charge in [0.25, 0.3) is 0 Å². The van der Waals surface area contributed by atoms with Crippen LogP contribution in [0, 0.1) is 11.3 Å². The predicted octanol–water partition coefficient (Wildman–Crippen LogP) is 2.09. The standard InChI is InChI=1S/C11H19NO/c1-11(2)6-8(7-11)5-10(13)12-9-3-4-9/h8-9H,3-7H2,1-2H3,(H,12,13). The second kappa shape index (κ2) is 3.00. The quantitative estimate of drug-likeness (QED) is 0.709. The Hall–Kier alpha value is -0.530. The zero-order valence-corrected chi connectivity index (χ0v) is 8.60. The summed E-state index contributed by atoms with van der Waals surface area (Å²) in [6, 6.07) is 0.528. The second-order valence-electron chi connectivity index (χ2n) is 5.48. The summed E-state index contributed by atoms with van der Waals surface area (Å²) < 4.78 is 0. The lowest BCUT2D eigenvalue weighted by Crippen LogP contribution is -2.36. The zero-order chi connectivity index (χ0) is 9.47. The summed E-state index contributed by atoms with van der Waals surface area (Å²) in [6.07, 6.45) is 5.61. The van der Waals surface area contributed by atoms with Gasteiger partial charge in [-0.3, -0.25) is 4.79 Å². The number of nitrogens with one attached hydrogen (secondary N) is 1. The number of rotatable bonds is 3. The average Bonchev–Trinajstić information content (AvgIpc) is 2.66. The van der Waals surface area contributed by atoms with Crippen LogP contribution in [0.2, 0.25) is 0 Å². The van der Waals surface area contributed by atoms with Crippen molar-refractivity contribution in [1.82, 2.24) is 5.32 Å². The van der Waals surface area contributed by atoms with Gasteiger partial charge in [-0.1, -0.05) is 13.8 Å². The van der Waals surface area contributed by atoms with Crippen LogP contribution in [0.4, 0.5) is 0 Å². The Morgan fingerprint density at radius 3 is 2.46 bits per heavy atom. The van der Waals surface area contributed by atoms with Crippen LogP contribution in [-0.4, -0.2) is 11.9 Å². The number of hydrogen-bond acceptors (Lipinski definition) is 1. The minimum Gasteiger partial charge on any atom is -0.353 e. The van der Waals surface area contributed by atoms with E-state index in [-0.39, 0.29) is 5.91 Å². The first-order valence-electron chi connectivity index (χ1n) is 5.34. The van der Waals surface area contributed by atoms with Gasteiger partial charge in [-0.2, -0.15) is 0 Å². The molecule has 0 spiro atoms. The first-order chi connectivity index (χ1) is 6.05. The monoisotopic (exact) mass is 181 g/mol. The van der Waals surface area contributed by atoms with Crippen LogP contribution >= 0.6 is 0 Å². The van der Waals surface area contributed by atoms with Crippen molar-refractivity contribution < 1.29 is 4.79 Å². The Balaban J connectivity index is 1.64. The van der Waals surface area contributed by atoms with Gasteiger partial charge in [-0.25, -0.2) is 0 Å². The highest BCUT2D eigenvalue weighted by atomic mass is 16.1. The molecule has 0 bridgehead atoms.